The predicted molar refractivity (Wildman–Crippen MR) is 91.5 cm³/mol. The average molecular weight is 304 g/mol. The summed E-state index contributed by atoms with van der Waals surface area (Å²) >= 11 is 1.58. The Morgan fingerprint density at radius 2 is 1.86 bits per heavy atom. The number of nitrogens with zero attached hydrogens (tertiary/aromatic N) is 1. The number of pyridine rings is 1. The van der Waals surface area contributed by atoms with Gasteiger partial charge in [-0.2, -0.15) is 0 Å². The van der Waals surface area contributed by atoms with E-state index in [-0.39, 0.29) is 5.91 Å². The Balaban J connectivity index is 1.75. The SMILES string of the molecule is O=C(Nc1cccc2cccnc12)c1csc2ccccc12. The maximum Gasteiger partial charge on any atom is 0.257 e. The van der Waals surface area contributed by atoms with E-state index >= 15 is 0 Å². The van der Waals surface area contributed by atoms with Crippen LogP contribution in [-0.4, -0.2) is 10.9 Å². The third kappa shape index (κ3) is 2.14. The van der Waals surface area contributed by atoms with Gasteiger partial charge in [-0.25, -0.2) is 0 Å². The number of anilines is 1. The number of aromatic nitrogens is 1. The first-order chi connectivity index (χ1) is 10.8. The summed E-state index contributed by atoms with van der Waals surface area (Å²) in [7, 11) is 0. The van der Waals surface area contributed by atoms with Gasteiger partial charge in [-0.1, -0.05) is 36.4 Å². The van der Waals surface area contributed by atoms with Crippen molar-refractivity contribution in [1.82, 2.24) is 4.98 Å². The first kappa shape index (κ1) is 13.0. The molecule has 0 aliphatic carbocycles. The first-order valence-corrected chi connectivity index (χ1v) is 7.82. The molecule has 0 fully saturated rings. The average Bonchev–Trinajstić information content (AvgIpc) is 2.99. The fourth-order valence-electron chi connectivity index (χ4n) is 2.55. The number of thiophene rings is 1. The van der Waals surface area contributed by atoms with Crippen molar-refractivity contribution >= 4 is 43.9 Å². The molecule has 0 aliphatic rings. The predicted octanol–water partition coefficient (Wildman–Crippen LogP) is 4.70. The van der Waals surface area contributed by atoms with Crippen LogP contribution in [0.5, 0.6) is 0 Å². The van der Waals surface area contributed by atoms with Gasteiger partial charge in [-0.15, -0.1) is 11.3 Å². The van der Waals surface area contributed by atoms with Crippen LogP contribution in [0.3, 0.4) is 0 Å². The zero-order valence-electron chi connectivity index (χ0n) is 11.6. The quantitative estimate of drug-likeness (QED) is 0.583. The Morgan fingerprint density at radius 3 is 2.82 bits per heavy atom. The van der Waals surface area contributed by atoms with E-state index in [1.165, 1.54) is 0 Å². The van der Waals surface area contributed by atoms with Gasteiger partial charge in [0.1, 0.15) is 0 Å². The molecule has 4 heteroatoms. The van der Waals surface area contributed by atoms with E-state index < -0.39 is 0 Å². The Hall–Kier alpha value is -2.72. The molecule has 0 saturated heterocycles. The number of para-hydroxylation sites is 1. The summed E-state index contributed by atoms with van der Waals surface area (Å²) in [6.45, 7) is 0. The van der Waals surface area contributed by atoms with Crippen molar-refractivity contribution in [2.75, 3.05) is 5.32 Å². The Bertz CT molecular complexity index is 985. The van der Waals surface area contributed by atoms with Gasteiger partial charge in [0.25, 0.3) is 5.91 Å². The van der Waals surface area contributed by atoms with E-state index in [0.29, 0.717) is 5.56 Å². The molecule has 0 bridgehead atoms. The molecule has 0 saturated carbocycles. The highest BCUT2D eigenvalue weighted by Crippen LogP contribution is 2.27. The van der Waals surface area contributed by atoms with E-state index in [4.69, 9.17) is 0 Å². The molecule has 0 unspecified atom stereocenters. The minimum Gasteiger partial charge on any atom is -0.320 e. The largest absolute Gasteiger partial charge is 0.320 e. The van der Waals surface area contributed by atoms with Crippen LogP contribution in [-0.2, 0) is 0 Å². The molecule has 0 aliphatic heterocycles. The molecule has 0 spiro atoms. The summed E-state index contributed by atoms with van der Waals surface area (Å²) in [5.41, 5.74) is 2.24. The third-order valence-corrected chi connectivity index (χ3v) is 4.57. The minimum absolute atomic E-state index is 0.101. The molecule has 1 amide bonds. The summed E-state index contributed by atoms with van der Waals surface area (Å²) < 4.78 is 1.11. The third-order valence-electron chi connectivity index (χ3n) is 3.61. The van der Waals surface area contributed by atoms with Gasteiger partial charge >= 0.3 is 0 Å². The van der Waals surface area contributed by atoms with Gasteiger partial charge < -0.3 is 5.32 Å². The molecule has 4 aromatic rings. The molecule has 2 heterocycles. The lowest BCUT2D eigenvalue weighted by Crippen LogP contribution is -2.11. The molecule has 22 heavy (non-hydrogen) atoms. The monoisotopic (exact) mass is 304 g/mol. The molecular weight excluding hydrogens is 292 g/mol. The molecule has 1 N–H and O–H groups in total. The van der Waals surface area contributed by atoms with E-state index in [0.717, 1.165) is 26.7 Å². The van der Waals surface area contributed by atoms with Gasteiger partial charge in [0.15, 0.2) is 0 Å². The zero-order valence-corrected chi connectivity index (χ0v) is 12.4. The van der Waals surface area contributed by atoms with E-state index in [1.54, 1.807) is 17.5 Å². The van der Waals surface area contributed by atoms with Crippen LogP contribution in [0.1, 0.15) is 10.4 Å². The van der Waals surface area contributed by atoms with Crippen LogP contribution in [0, 0.1) is 0 Å². The number of carbonyl (C=O) groups excluding carboxylic acids is 1. The molecular formula is C18H12N2OS. The summed E-state index contributed by atoms with van der Waals surface area (Å²) in [5, 5.41) is 6.88. The van der Waals surface area contributed by atoms with E-state index in [1.807, 2.05) is 60.0 Å². The van der Waals surface area contributed by atoms with Crippen LogP contribution in [0.2, 0.25) is 0 Å². The van der Waals surface area contributed by atoms with Crippen molar-refractivity contribution in [3.05, 3.63) is 71.7 Å². The summed E-state index contributed by atoms with van der Waals surface area (Å²) in [5.74, 6) is -0.101. The number of hydrogen-bond acceptors (Lipinski definition) is 3. The van der Waals surface area contributed by atoms with Crippen LogP contribution in [0.15, 0.2) is 66.2 Å². The second-order valence-corrected chi connectivity index (χ2v) is 5.89. The number of carbonyl (C=O) groups is 1. The van der Waals surface area contributed by atoms with Gasteiger partial charge in [0.05, 0.1) is 16.8 Å². The number of amides is 1. The van der Waals surface area contributed by atoms with Crippen LogP contribution < -0.4 is 5.32 Å². The van der Waals surface area contributed by atoms with Crippen LogP contribution in [0.25, 0.3) is 21.0 Å². The lowest BCUT2D eigenvalue weighted by atomic mass is 10.1. The Morgan fingerprint density at radius 1 is 1.00 bits per heavy atom. The molecule has 3 nitrogen and oxygen atoms in total. The maximum absolute atomic E-state index is 12.6. The smallest absolute Gasteiger partial charge is 0.257 e. The van der Waals surface area contributed by atoms with E-state index in [2.05, 4.69) is 10.3 Å². The summed E-state index contributed by atoms with van der Waals surface area (Å²) in [6.07, 6.45) is 1.73. The second-order valence-electron chi connectivity index (χ2n) is 4.98. The zero-order chi connectivity index (χ0) is 14.9. The molecule has 2 aromatic heterocycles. The number of rotatable bonds is 2. The fraction of sp³-hybridized carbons (Fsp3) is 0. The number of fused-ring (bicyclic) bond motifs is 2. The van der Waals surface area contributed by atoms with Crippen molar-refractivity contribution in [2.24, 2.45) is 0 Å². The standard InChI is InChI=1S/C18H12N2OS/c21-18(14-11-22-16-9-2-1-7-13(14)16)20-15-8-3-5-12-6-4-10-19-17(12)15/h1-11H,(H,20,21). The minimum atomic E-state index is -0.101. The maximum atomic E-state index is 12.6. The molecule has 106 valence electrons. The molecule has 0 radical (unpaired) electrons. The number of hydrogen-bond donors (Lipinski definition) is 1. The lowest BCUT2D eigenvalue weighted by Gasteiger charge is -2.07. The van der Waals surface area contributed by atoms with Gasteiger partial charge in [-0.3, -0.25) is 9.78 Å². The van der Waals surface area contributed by atoms with Gasteiger partial charge in [0, 0.05) is 27.0 Å². The highest BCUT2D eigenvalue weighted by atomic mass is 32.1. The van der Waals surface area contributed by atoms with Crippen molar-refractivity contribution < 1.29 is 4.79 Å². The van der Waals surface area contributed by atoms with Crippen molar-refractivity contribution in [2.45, 2.75) is 0 Å². The molecule has 0 atom stereocenters. The lowest BCUT2D eigenvalue weighted by molar-refractivity contribution is 0.102. The first-order valence-electron chi connectivity index (χ1n) is 6.94. The Kier molecular flexibility index (Phi) is 3.09. The van der Waals surface area contributed by atoms with Crippen molar-refractivity contribution in [1.29, 1.82) is 0 Å². The van der Waals surface area contributed by atoms with Gasteiger partial charge in [0.2, 0.25) is 0 Å². The van der Waals surface area contributed by atoms with E-state index in [9.17, 15) is 4.79 Å². The van der Waals surface area contributed by atoms with Gasteiger partial charge in [-0.05, 0) is 18.2 Å². The molecule has 4 rings (SSSR count). The normalized spacial score (nSPS) is 10.9. The number of nitrogens with one attached hydrogen (secondary N) is 1. The van der Waals surface area contributed by atoms with Crippen molar-refractivity contribution in [3.63, 3.8) is 0 Å². The van der Waals surface area contributed by atoms with Crippen molar-refractivity contribution in [3.8, 4) is 0 Å². The van der Waals surface area contributed by atoms with Crippen LogP contribution >= 0.6 is 11.3 Å². The summed E-state index contributed by atoms with van der Waals surface area (Å²) in [4.78, 5) is 17.0. The highest BCUT2D eigenvalue weighted by molar-refractivity contribution is 7.17. The second kappa shape index (κ2) is 5.24. The topological polar surface area (TPSA) is 42.0 Å². The Labute approximate surface area is 131 Å². The van der Waals surface area contributed by atoms with Crippen LogP contribution in [0.4, 0.5) is 5.69 Å². The molecule has 2 aromatic carbocycles. The number of benzene rings is 2. The highest BCUT2D eigenvalue weighted by Gasteiger charge is 2.13. The fourth-order valence-corrected chi connectivity index (χ4v) is 3.49. The summed E-state index contributed by atoms with van der Waals surface area (Å²) in [6, 6.07) is 17.6.